The molecule has 104 valence electrons. The summed E-state index contributed by atoms with van der Waals surface area (Å²) in [5.41, 5.74) is -1.46. The Morgan fingerprint density at radius 1 is 1.00 bits per heavy atom. The summed E-state index contributed by atoms with van der Waals surface area (Å²) in [4.78, 5) is 11.6. The Bertz CT molecular complexity index is 499. The largest absolute Gasteiger partial charge is 0.348 e. The second-order valence-corrected chi connectivity index (χ2v) is 4.11. The number of rotatable bonds is 2. The summed E-state index contributed by atoms with van der Waals surface area (Å²) < 4.78 is 65.3. The molecular formula is C11H9F5N2O. The number of carbonyl (C=O) groups excluding carboxylic acids is 1. The number of benzene rings is 1. The van der Waals surface area contributed by atoms with Gasteiger partial charge in [0.25, 0.3) is 5.91 Å². The van der Waals surface area contributed by atoms with Gasteiger partial charge in [-0.1, -0.05) is 0 Å². The molecule has 2 N–H and O–H groups in total. The lowest BCUT2D eigenvalue weighted by Crippen LogP contribution is -2.37. The molecule has 1 unspecified atom stereocenters. The van der Waals surface area contributed by atoms with E-state index < -0.39 is 46.6 Å². The van der Waals surface area contributed by atoms with Gasteiger partial charge in [-0.3, -0.25) is 4.79 Å². The van der Waals surface area contributed by atoms with Crippen molar-refractivity contribution >= 4 is 5.91 Å². The van der Waals surface area contributed by atoms with Crippen molar-refractivity contribution < 1.29 is 26.7 Å². The van der Waals surface area contributed by atoms with E-state index in [-0.39, 0.29) is 0 Å². The first-order valence-electron chi connectivity index (χ1n) is 5.46. The molecule has 1 heterocycles. The number of nitrogens with one attached hydrogen (secondary N) is 2. The van der Waals surface area contributed by atoms with Crippen molar-refractivity contribution in [2.75, 3.05) is 13.1 Å². The van der Waals surface area contributed by atoms with Crippen LogP contribution in [0.2, 0.25) is 0 Å². The SMILES string of the molecule is O=C(NC1CCNC1)c1c(F)c(F)c(F)c(F)c1F. The number of amides is 1. The summed E-state index contributed by atoms with van der Waals surface area (Å²) >= 11 is 0. The highest BCUT2D eigenvalue weighted by atomic mass is 19.2. The minimum Gasteiger partial charge on any atom is -0.348 e. The molecule has 1 saturated heterocycles. The summed E-state index contributed by atoms with van der Waals surface area (Å²) in [5, 5.41) is 5.09. The van der Waals surface area contributed by atoms with Crippen LogP contribution >= 0.6 is 0 Å². The summed E-state index contributed by atoms with van der Waals surface area (Å²) in [6.45, 7) is 0.975. The molecule has 1 aromatic carbocycles. The van der Waals surface area contributed by atoms with Crippen molar-refractivity contribution in [1.29, 1.82) is 0 Å². The second kappa shape index (κ2) is 5.12. The smallest absolute Gasteiger partial charge is 0.257 e. The van der Waals surface area contributed by atoms with Crippen LogP contribution in [0.25, 0.3) is 0 Å². The fourth-order valence-corrected chi connectivity index (χ4v) is 1.84. The minimum absolute atomic E-state index is 0.376. The Hall–Kier alpha value is -1.70. The molecule has 2 rings (SSSR count). The van der Waals surface area contributed by atoms with Gasteiger partial charge in [0.15, 0.2) is 23.3 Å². The average Bonchev–Trinajstić information content (AvgIpc) is 2.87. The molecule has 1 aromatic rings. The monoisotopic (exact) mass is 280 g/mol. The van der Waals surface area contributed by atoms with Crippen LogP contribution in [0.1, 0.15) is 16.8 Å². The van der Waals surface area contributed by atoms with Crippen LogP contribution in [0, 0.1) is 29.1 Å². The number of hydrogen-bond donors (Lipinski definition) is 2. The number of carbonyl (C=O) groups is 1. The van der Waals surface area contributed by atoms with Gasteiger partial charge in [-0.2, -0.15) is 0 Å². The molecule has 0 aliphatic carbocycles. The van der Waals surface area contributed by atoms with Gasteiger partial charge in [-0.15, -0.1) is 0 Å². The van der Waals surface area contributed by atoms with Crippen LogP contribution in [0.4, 0.5) is 22.0 Å². The predicted octanol–water partition coefficient (Wildman–Crippen LogP) is 1.47. The molecule has 0 aromatic heterocycles. The van der Waals surface area contributed by atoms with E-state index in [1.165, 1.54) is 0 Å². The summed E-state index contributed by atoms with van der Waals surface area (Å²) in [6, 6.07) is -0.400. The van der Waals surface area contributed by atoms with E-state index in [1.54, 1.807) is 0 Å². The molecule has 1 fully saturated rings. The number of hydrogen-bond acceptors (Lipinski definition) is 2. The van der Waals surface area contributed by atoms with Gasteiger partial charge in [0.2, 0.25) is 5.82 Å². The van der Waals surface area contributed by atoms with E-state index in [0.717, 1.165) is 0 Å². The van der Waals surface area contributed by atoms with Gasteiger partial charge < -0.3 is 10.6 Å². The molecule has 0 saturated carbocycles. The lowest BCUT2D eigenvalue weighted by atomic mass is 10.1. The molecule has 8 heteroatoms. The van der Waals surface area contributed by atoms with Crippen molar-refractivity contribution in [3.8, 4) is 0 Å². The summed E-state index contributed by atoms with van der Waals surface area (Å²) in [7, 11) is 0. The lowest BCUT2D eigenvalue weighted by Gasteiger charge is -2.13. The number of halogens is 5. The highest BCUT2D eigenvalue weighted by Gasteiger charge is 2.30. The molecule has 0 spiro atoms. The summed E-state index contributed by atoms with van der Waals surface area (Å²) in [6.07, 6.45) is 0.515. The zero-order valence-electron chi connectivity index (χ0n) is 9.50. The topological polar surface area (TPSA) is 41.1 Å². The van der Waals surface area contributed by atoms with Gasteiger partial charge in [-0.25, -0.2) is 22.0 Å². The van der Waals surface area contributed by atoms with Crippen LogP contribution in [0.3, 0.4) is 0 Å². The van der Waals surface area contributed by atoms with Gasteiger partial charge in [-0.05, 0) is 13.0 Å². The Kier molecular flexibility index (Phi) is 3.70. The molecule has 0 radical (unpaired) electrons. The Morgan fingerprint density at radius 3 is 2.00 bits per heavy atom. The first-order valence-corrected chi connectivity index (χ1v) is 5.46. The molecular weight excluding hydrogens is 271 g/mol. The van der Waals surface area contributed by atoms with Crippen LogP contribution in [0.15, 0.2) is 0 Å². The van der Waals surface area contributed by atoms with E-state index in [1.807, 2.05) is 0 Å². The quantitative estimate of drug-likeness (QED) is 0.489. The van der Waals surface area contributed by atoms with Crippen LogP contribution < -0.4 is 10.6 Å². The van der Waals surface area contributed by atoms with Gasteiger partial charge in [0.05, 0.1) is 0 Å². The highest BCUT2D eigenvalue weighted by Crippen LogP contribution is 2.23. The Balaban J connectivity index is 2.36. The standard InChI is InChI=1S/C11H9F5N2O/c12-6-5(7(13)9(15)10(16)8(6)14)11(19)18-4-1-2-17-3-4/h4,17H,1-3H2,(H,18,19). The van der Waals surface area contributed by atoms with E-state index in [0.29, 0.717) is 19.5 Å². The third-order valence-corrected chi connectivity index (χ3v) is 2.83. The normalized spacial score (nSPS) is 18.7. The highest BCUT2D eigenvalue weighted by molar-refractivity contribution is 5.95. The molecule has 3 nitrogen and oxygen atoms in total. The zero-order chi connectivity index (χ0) is 14.2. The van der Waals surface area contributed by atoms with E-state index >= 15 is 0 Å². The van der Waals surface area contributed by atoms with Crippen molar-refractivity contribution in [2.45, 2.75) is 12.5 Å². The first-order chi connectivity index (χ1) is 8.93. The van der Waals surface area contributed by atoms with Gasteiger partial charge in [0, 0.05) is 12.6 Å². The zero-order valence-corrected chi connectivity index (χ0v) is 9.50. The second-order valence-electron chi connectivity index (χ2n) is 4.11. The van der Waals surface area contributed by atoms with Crippen LogP contribution in [-0.4, -0.2) is 25.0 Å². The van der Waals surface area contributed by atoms with Crippen LogP contribution in [0.5, 0.6) is 0 Å². The molecule has 1 amide bonds. The van der Waals surface area contributed by atoms with Crippen molar-refractivity contribution in [2.24, 2.45) is 0 Å². The minimum atomic E-state index is -2.28. The maximum Gasteiger partial charge on any atom is 0.257 e. The van der Waals surface area contributed by atoms with Gasteiger partial charge in [0.1, 0.15) is 5.56 Å². The summed E-state index contributed by atoms with van der Waals surface area (Å²) in [5.74, 6) is -12.1. The van der Waals surface area contributed by atoms with Gasteiger partial charge >= 0.3 is 0 Å². The fraction of sp³-hybridized carbons (Fsp3) is 0.364. The molecule has 19 heavy (non-hydrogen) atoms. The van der Waals surface area contributed by atoms with Crippen LogP contribution in [-0.2, 0) is 0 Å². The first kappa shape index (κ1) is 13.7. The molecule has 0 bridgehead atoms. The average molecular weight is 280 g/mol. The molecule has 1 atom stereocenters. The van der Waals surface area contributed by atoms with Crippen molar-refractivity contribution in [3.63, 3.8) is 0 Å². The van der Waals surface area contributed by atoms with E-state index in [2.05, 4.69) is 10.6 Å². The van der Waals surface area contributed by atoms with Crippen molar-refractivity contribution in [3.05, 3.63) is 34.6 Å². The maximum absolute atomic E-state index is 13.3. The predicted molar refractivity (Wildman–Crippen MR) is 55.0 cm³/mol. The fourth-order valence-electron chi connectivity index (χ4n) is 1.84. The van der Waals surface area contributed by atoms with E-state index in [9.17, 15) is 26.7 Å². The maximum atomic E-state index is 13.3. The third-order valence-electron chi connectivity index (χ3n) is 2.83. The van der Waals surface area contributed by atoms with Crippen molar-refractivity contribution in [1.82, 2.24) is 10.6 Å². The Morgan fingerprint density at radius 2 is 1.53 bits per heavy atom. The lowest BCUT2D eigenvalue weighted by molar-refractivity contribution is 0.0928. The third kappa shape index (κ3) is 2.40. The molecule has 1 aliphatic heterocycles. The Labute approximate surface area is 104 Å². The molecule has 1 aliphatic rings. The van der Waals surface area contributed by atoms with E-state index in [4.69, 9.17) is 0 Å².